The van der Waals surface area contributed by atoms with Crippen LogP contribution in [-0.2, 0) is 28.1 Å². The lowest BCUT2D eigenvalue weighted by Crippen LogP contribution is -2.17. The third-order valence-electron chi connectivity index (χ3n) is 4.50. The highest BCUT2D eigenvalue weighted by atomic mass is 32.2. The lowest BCUT2D eigenvalue weighted by atomic mass is 10.1. The summed E-state index contributed by atoms with van der Waals surface area (Å²) >= 11 is 3.12. The van der Waals surface area contributed by atoms with Gasteiger partial charge in [-0.15, -0.1) is 23.1 Å². The number of aryl methyl sites for hydroxylation is 1. The average molecular weight is 404 g/mol. The fraction of sp³-hybridized carbons (Fsp3) is 0.429. The number of esters is 1. The molecule has 1 aromatic heterocycles. The minimum Gasteiger partial charge on any atom is -0.462 e. The van der Waals surface area contributed by atoms with Gasteiger partial charge in [-0.2, -0.15) is 0 Å². The first kappa shape index (κ1) is 20.0. The number of fused-ring (bicyclic) bond motifs is 1. The van der Waals surface area contributed by atoms with E-state index < -0.39 is 0 Å². The van der Waals surface area contributed by atoms with Crippen molar-refractivity contribution in [3.05, 3.63) is 51.9 Å². The van der Waals surface area contributed by atoms with Crippen LogP contribution in [-0.4, -0.2) is 24.2 Å². The molecule has 1 aromatic carbocycles. The van der Waals surface area contributed by atoms with E-state index in [2.05, 4.69) is 17.4 Å². The molecule has 2 aromatic rings. The van der Waals surface area contributed by atoms with Gasteiger partial charge in [-0.25, -0.2) is 4.79 Å². The summed E-state index contributed by atoms with van der Waals surface area (Å²) in [5, 5.41) is 3.63. The van der Waals surface area contributed by atoms with Gasteiger partial charge < -0.3 is 10.1 Å². The molecule has 3 rings (SSSR count). The second kappa shape index (κ2) is 9.95. The Morgan fingerprint density at radius 2 is 1.93 bits per heavy atom. The third kappa shape index (κ3) is 5.36. The van der Waals surface area contributed by atoms with Crippen LogP contribution in [0.4, 0.5) is 5.00 Å². The minimum absolute atomic E-state index is 0.0714. The maximum Gasteiger partial charge on any atom is 0.341 e. The van der Waals surface area contributed by atoms with Crippen molar-refractivity contribution in [2.45, 2.75) is 44.8 Å². The van der Waals surface area contributed by atoms with Crippen LogP contribution in [0.5, 0.6) is 0 Å². The van der Waals surface area contributed by atoms with Gasteiger partial charge in [0.15, 0.2) is 0 Å². The summed E-state index contributed by atoms with van der Waals surface area (Å²) in [6.07, 6.45) is 5.26. The lowest BCUT2D eigenvalue weighted by molar-refractivity contribution is -0.113. The fourth-order valence-electron chi connectivity index (χ4n) is 3.25. The van der Waals surface area contributed by atoms with Crippen molar-refractivity contribution in [2.24, 2.45) is 0 Å². The number of ether oxygens (including phenoxy) is 1. The molecule has 4 nitrogen and oxygen atoms in total. The molecular formula is C21H25NO3S2. The number of anilines is 1. The van der Waals surface area contributed by atoms with Crippen molar-refractivity contribution in [1.29, 1.82) is 0 Å². The van der Waals surface area contributed by atoms with E-state index in [1.807, 2.05) is 18.2 Å². The Morgan fingerprint density at radius 1 is 1.15 bits per heavy atom. The molecule has 27 heavy (non-hydrogen) atoms. The molecule has 144 valence electrons. The van der Waals surface area contributed by atoms with Crippen LogP contribution in [0, 0.1) is 0 Å². The van der Waals surface area contributed by atoms with Gasteiger partial charge in [-0.05, 0) is 43.7 Å². The SMILES string of the molecule is CCOC(=O)c1c(NC(=O)CSCc2ccccc2)sc2c1CCCCC2. The molecule has 0 unspecified atom stereocenters. The Balaban J connectivity index is 1.67. The molecule has 6 heteroatoms. The first-order valence-corrected chi connectivity index (χ1v) is 11.4. The number of benzene rings is 1. The van der Waals surface area contributed by atoms with Crippen LogP contribution >= 0.6 is 23.1 Å². The van der Waals surface area contributed by atoms with E-state index in [4.69, 9.17) is 4.74 Å². The summed E-state index contributed by atoms with van der Waals surface area (Å²) in [6, 6.07) is 10.1. The monoisotopic (exact) mass is 403 g/mol. The molecule has 0 fully saturated rings. The smallest absolute Gasteiger partial charge is 0.341 e. The van der Waals surface area contributed by atoms with Crippen LogP contribution in [0.1, 0.15) is 52.5 Å². The standard InChI is InChI=1S/C21H25NO3S2/c1-2-25-21(24)19-16-11-7-4-8-12-17(16)27-20(19)22-18(23)14-26-13-15-9-5-3-6-10-15/h3,5-6,9-10H,2,4,7-8,11-14H2,1H3,(H,22,23). The highest BCUT2D eigenvalue weighted by molar-refractivity contribution is 7.99. The third-order valence-corrected chi connectivity index (χ3v) is 6.71. The number of rotatable bonds is 7. The Bertz CT molecular complexity index is 786. The van der Waals surface area contributed by atoms with Gasteiger partial charge in [-0.1, -0.05) is 36.8 Å². The normalized spacial score (nSPS) is 13.5. The second-order valence-corrected chi connectivity index (χ2v) is 8.61. The van der Waals surface area contributed by atoms with E-state index in [0.29, 0.717) is 22.9 Å². The minimum atomic E-state index is -0.316. The van der Waals surface area contributed by atoms with Gasteiger partial charge in [0.2, 0.25) is 5.91 Å². The number of carbonyl (C=O) groups excluding carboxylic acids is 2. The van der Waals surface area contributed by atoms with E-state index >= 15 is 0 Å². The van der Waals surface area contributed by atoms with Gasteiger partial charge in [-0.3, -0.25) is 4.79 Å². The summed E-state index contributed by atoms with van der Waals surface area (Å²) in [6.45, 7) is 2.14. The van der Waals surface area contributed by atoms with Crippen LogP contribution < -0.4 is 5.32 Å². The van der Waals surface area contributed by atoms with Crippen molar-refractivity contribution < 1.29 is 14.3 Å². The topological polar surface area (TPSA) is 55.4 Å². The van der Waals surface area contributed by atoms with Gasteiger partial charge in [0.25, 0.3) is 0 Å². The van der Waals surface area contributed by atoms with Gasteiger partial charge in [0, 0.05) is 10.6 Å². The molecule has 0 atom stereocenters. The predicted molar refractivity (Wildman–Crippen MR) is 113 cm³/mol. The zero-order valence-electron chi connectivity index (χ0n) is 15.6. The zero-order chi connectivity index (χ0) is 19.1. The summed E-state index contributed by atoms with van der Waals surface area (Å²) in [4.78, 5) is 26.2. The summed E-state index contributed by atoms with van der Waals surface area (Å²) in [5.74, 6) is 0.765. The van der Waals surface area contributed by atoms with E-state index in [9.17, 15) is 9.59 Å². The summed E-state index contributed by atoms with van der Waals surface area (Å²) in [5.41, 5.74) is 2.87. The number of thiophene rings is 1. The molecule has 0 spiro atoms. The highest BCUT2D eigenvalue weighted by Gasteiger charge is 2.26. The predicted octanol–water partition coefficient (Wildman–Crippen LogP) is 5.07. The molecule has 0 radical (unpaired) electrons. The molecule has 0 aliphatic heterocycles. The van der Waals surface area contributed by atoms with Crippen LogP contribution in [0.25, 0.3) is 0 Å². The molecule has 1 heterocycles. The molecule has 1 amide bonds. The fourth-order valence-corrected chi connectivity index (χ4v) is 5.33. The number of amides is 1. The quantitative estimate of drug-likeness (QED) is 0.518. The largest absolute Gasteiger partial charge is 0.462 e. The van der Waals surface area contributed by atoms with E-state index in [1.165, 1.54) is 16.9 Å². The van der Waals surface area contributed by atoms with Gasteiger partial charge in [0.05, 0.1) is 17.9 Å². The van der Waals surface area contributed by atoms with E-state index in [-0.39, 0.29) is 11.9 Å². The lowest BCUT2D eigenvalue weighted by Gasteiger charge is -2.08. The van der Waals surface area contributed by atoms with Crippen molar-refractivity contribution in [3.8, 4) is 0 Å². The van der Waals surface area contributed by atoms with Gasteiger partial charge in [0.1, 0.15) is 5.00 Å². The van der Waals surface area contributed by atoms with Crippen molar-refractivity contribution >= 4 is 40.0 Å². The Hall–Kier alpha value is -1.79. The second-order valence-electron chi connectivity index (χ2n) is 6.52. The van der Waals surface area contributed by atoms with Crippen LogP contribution in [0.3, 0.4) is 0 Å². The first-order chi connectivity index (χ1) is 13.2. The first-order valence-electron chi connectivity index (χ1n) is 9.42. The van der Waals surface area contributed by atoms with E-state index in [1.54, 1.807) is 30.0 Å². The molecule has 0 saturated carbocycles. The van der Waals surface area contributed by atoms with Crippen LogP contribution in [0.2, 0.25) is 0 Å². The maximum absolute atomic E-state index is 12.5. The van der Waals surface area contributed by atoms with Gasteiger partial charge >= 0.3 is 5.97 Å². The number of hydrogen-bond donors (Lipinski definition) is 1. The van der Waals surface area contributed by atoms with Crippen LogP contribution in [0.15, 0.2) is 30.3 Å². The molecule has 1 aliphatic carbocycles. The molecule has 0 saturated heterocycles. The zero-order valence-corrected chi connectivity index (χ0v) is 17.2. The molecule has 1 aliphatic rings. The Morgan fingerprint density at radius 3 is 2.70 bits per heavy atom. The molecular weight excluding hydrogens is 378 g/mol. The van der Waals surface area contributed by atoms with Crippen molar-refractivity contribution in [3.63, 3.8) is 0 Å². The van der Waals surface area contributed by atoms with Crippen molar-refractivity contribution in [1.82, 2.24) is 0 Å². The molecule has 1 N–H and O–H groups in total. The van der Waals surface area contributed by atoms with Crippen molar-refractivity contribution in [2.75, 3.05) is 17.7 Å². The maximum atomic E-state index is 12.5. The highest BCUT2D eigenvalue weighted by Crippen LogP contribution is 2.38. The Kier molecular flexibility index (Phi) is 7.35. The molecule has 0 bridgehead atoms. The number of nitrogens with one attached hydrogen (secondary N) is 1. The average Bonchev–Trinajstić information content (AvgIpc) is 2.83. The van der Waals surface area contributed by atoms with E-state index in [0.717, 1.165) is 37.0 Å². The summed E-state index contributed by atoms with van der Waals surface area (Å²) < 4.78 is 5.27. The number of thioether (sulfide) groups is 1. The summed E-state index contributed by atoms with van der Waals surface area (Å²) in [7, 11) is 0. The number of carbonyl (C=O) groups is 2. The Labute approximate surface area is 168 Å². The number of hydrogen-bond acceptors (Lipinski definition) is 5.